The Labute approximate surface area is 149 Å². The Morgan fingerprint density at radius 3 is 2.08 bits per heavy atom. The number of nitrogens with one attached hydrogen (secondary N) is 2. The van der Waals surface area contributed by atoms with Crippen LogP contribution in [0.25, 0.3) is 0 Å². The number of benzene rings is 2. The highest BCUT2D eigenvalue weighted by atomic mass is 16.2. The molecule has 1 unspecified atom stereocenters. The summed E-state index contributed by atoms with van der Waals surface area (Å²) in [4.78, 5) is 25.2. The molecule has 1 atom stereocenters. The normalized spacial score (nSPS) is 11.9. The van der Waals surface area contributed by atoms with Gasteiger partial charge in [-0.25, -0.2) is 0 Å². The van der Waals surface area contributed by atoms with E-state index in [2.05, 4.69) is 10.6 Å². The standard InChI is InChI=1S/C21H26N2O2/c1-13(2)19(23-20(24)17-10-7-14(3)8-11-17)21(25)22-18-12-15(4)6-9-16(18)5/h6-13,19H,1-5H3,(H,22,25)(H,23,24). The average molecular weight is 338 g/mol. The van der Waals surface area contributed by atoms with Gasteiger partial charge >= 0.3 is 0 Å². The quantitative estimate of drug-likeness (QED) is 0.865. The molecule has 0 aliphatic heterocycles. The molecule has 0 bridgehead atoms. The van der Waals surface area contributed by atoms with Crippen molar-refractivity contribution >= 4 is 17.5 Å². The largest absolute Gasteiger partial charge is 0.340 e. The van der Waals surface area contributed by atoms with Crippen LogP contribution < -0.4 is 10.6 Å². The third-order valence-corrected chi connectivity index (χ3v) is 4.20. The van der Waals surface area contributed by atoms with Gasteiger partial charge in [0.2, 0.25) is 5.91 Å². The molecule has 0 radical (unpaired) electrons. The van der Waals surface area contributed by atoms with Gasteiger partial charge in [-0.05, 0) is 56.0 Å². The van der Waals surface area contributed by atoms with Crippen LogP contribution in [0.2, 0.25) is 0 Å². The fraction of sp³-hybridized carbons (Fsp3) is 0.333. The van der Waals surface area contributed by atoms with E-state index in [-0.39, 0.29) is 17.7 Å². The van der Waals surface area contributed by atoms with E-state index in [4.69, 9.17) is 0 Å². The smallest absolute Gasteiger partial charge is 0.251 e. The van der Waals surface area contributed by atoms with E-state index in [1.165, 1.54) is 0 Å². The third-order valence-electron chi connectivity index (χ3n) is 4.20. The van der Waals surface area contributed by atoms with Crippen molar-refractivity contribution in [2.45, 2.75) is 40.7 Å². The molecule has 2 aromatic rings. The summed E-state index contributed by atoms with van der Waals surface area (Å²) < 4.78 is 0. The fourth-order valence-corrected chi connectivity index (χ4v) is 2.55. The van der Waals surface area contributed by atoms with Crippen molar-refractivity contribution in [3.05, 3.63) is 64.7 Å². The molecule has 0 aromatic heterocycles. The molecule has 0 aliphatic rings. The highest BCUT2D eigenvalue weighted by Crippen LogP contribution is 2.17. The van der Waals surface area contributed by atoms with Gasteiger partial charge in [0.05, 0.1) is 0 Å². The summed E-state index contributed by atoms with van der Waals surface area (Å²) in [5.74, 6) is -0.474. The molecular formula is C21H26N2O2. The van der Waals surface area contributed by atoms with Crippen LogP contribution in [-0.4, -0.2) is 17.9 Å². The Morgan fingerprint density at radius 2 is 1.48 bits per heavy atom. The number of carbonyl (C=O) groups excluding carboxylic acids is 2. The highest BCUT2D eigenvalue weighted by Gasteiger charge is 2.25. The van der Waals surface area contributed by atoms with Gasteiger partial charge in [-0.15, -0.1) is 0 Å². The summed E-state index contributed by atoms with van der Waals surface area (Å²) >= 11 is 0. The molecule has 0 fully saturated rings. The van der Waals surface area contributed by atoms with Crippen LogP contribution in [0, 0.1) is 26.7 Å². The number of carbonyl (C=O) groups is 2. The zero-order valence-corrected chi connectivity index (χ0v) is 15.5. The Balaban J connectivity index is 2.14. The van der Waals surface area contributed by atoms with Crippen molar-refractivity contribution in [3.8, 4) is 0 Å². The number of aryl methyl sites for hydroxylation is 3. The van der Waals surface area contributed by atoms with Crippen LogP contribution in [0.3, 0.4) is 0 Å². The summed E-state index contributed by atoms with van der Waals surface area (Å²) in [5.41, 5.74) is 4.48. The monoisotopic (exact) mass is 338 g/mol. The molecule has 0 saturated heterocycles. The molecule has 4 heteroatoms. The Morgan fingerprint density at radius 1 is 0.880 bits per heavy atom. The molecule has 2 aromatic carbocycles. The van der Waals surface area contributed by atoms with E-state index in [0.29, 0.717) is 5.56 Å². The summed E-state index contributed by atoms with van der Waals surface area (Å²) in [6.45, 7) is 9.74. The van der Waals surface area contributed by atoms with Crippen LogP contribution >= 0.6 is 0 Å². The average Bonchev–Trinajstić information content (AvgIpc) is 2.56. The molecule has 0 spiro atoms. The van der Waals surface area contributed by atoms with E-state index < -0.39 is 6.04 Å². The van der Waals surface area contributed by atoms with Gasteiger partial charge in [0.1, 0.15) is 6.04 Å². The zero-order valence-electron chi connectivity index (χ0n) is 15.5. The maximum atomic E-state index is 12.7. The molecule has 2 rings (SSSR count). The predicted molar refractivity (Wildman–Crippen MR) is 102 cm³/mol. The molecule has 2 amide bonds. The number of anilines is 1. The third kappa shape index (κ3) is 4.92. The summed E-state index contributed by atoms with van der Waals surface area (Å²) in [6, 6.07) is 12.6. The van der Waals surface area contributed by atoms with Gasteiger partial charge in [0, 0.05) is 11.3 Å². The second kappa shape index (κ2) is 7.97. The Hall–Kier alpha value is -2.62. The lowest BCUT2D eigenvalue weighted by Crippen LogP contribution is -2.47. The molecule has 132 valence electrons. The van der Waals surface area contributed by atoms with Crippen LogP contribution in [-0.2, 0) is 4.79 Å². The lowest BCUT2D eigenvalue weighted by atomic mass is 10.0. The van der Waals surface area contributed by atoms with Crippen LogP contribution in [0.15, 0.2) is 42.5 Å². The zero-order chi connectivity index (χ0) is 18.6. The molecule has 0 aliphatic carbocycles. The number of hydrogen-bond acceptors (Lipinski definition) is 2. The van der Waals surface area contributed by atoms with Crippen LogP contribution in [0.4, 0.5) is 5.69 Å². The second-order valence-electron chi connectivity index (χ2n) is 6.87. The first-order valence-electron chi connectivity index (χ1n) is 8.53. The fourth-order valence-electron chi connectivity index (χ4n) is 2.55. The highest BCUT2D eigenvalue weighted by molar-refractivity contribution is 6.01. The van der Waals surface area contributed by atoms with Crippen molar-refractivity contribution in [1.29, 1.82) is 0 Å². The maximum absolute atomic E-state index is 12.7. The summed E-state index contributed by atoms with van der Waals surface area (Å²) in [7, 11) is 0. The number of amides is 2. The van der Waals surface area contributed by atoms with Gasteiger partial charge < -0.3 is 10.6 Å². The summed E-state index contributed by atoms with van der Waals surface area (Å²) in [5, 5.41) is 5.80. The number of hydrogen-bond donors (Lipinski definition) is 2. The minimum absolute atomic E-state index is 0.0282. The minimum Gasteiger partial charge on any atom is -0.340 e. The Bertz CT molecular complexity index is 764. The van der Waals surface area contributed by atoms with E-state index in [9.17, 15) is 9.59 Å². The second-order valence-corrected chi connectivity index (χ2v) is 6.87. The van der Waals surface area contributed by atoms with Gasteiger partial charge in [0.25, 0.3) is 5.91 Å². The van der Waals surface area contributed by atoms with Crippen molar-refractivity contribution in [2.75, 3.05) is 5.32 Å². The van der Waals surface area contributed by atoms with Crippen molar-refractivity contribution in [1.82, 2.24) is 5.32 Å². The lowest BCUT2D eigenvalue weighted by molar-refractivity contribution is -0.118. The van der Waals surface area contributed by atoms with E-state index in [0.717, 1.165) is 22.4 Å². The topological polar surface area (TPSA) is 58.2 Å². The van der Waals surface area contributed by atoms with Crippen molar-refractivity contribution in [2.24, 2.45) is 5.92 Å². The molecule has 25 heavy (non-hydrogen) atoms. The van der Waals surface area contributed by atoms with Crippen LogP contribution in [0.1, 0.15) is 40.9 Å². The molecule has 4 nitrogen and oxygen atoms in total. The van der Waals surface area contributed by atoms with Gasteiger partial charge in [-0.3, -0.25) is 9.59 Å². The van der Waals surface area contributed by atoms with Crippen molar-refractivity contribution in [3.63, 3.8) is 0 Å². The molecular weight excluding hydrogens is 312 g/mol. The van der Waals surface area contributed by atoms with Gasteiger partial charge in [-0.2, -0.15) is 0 Å². The van der Waals surface area contributed by atoms with E-state index in [1.54, 1.807) is 12.1 Å². The first-order valence-corrected chi connectivity index (χ1v) is 8.53. The molecule has 2 N–H and O–H groups in total. The van der Waals surface area contributed by atoms with Crippen LogP contribution in [0.5, 0.6) is 0 Å². The summed E-state index contributed by atoms with van der Waals surface area (Å²) in [6.07, 6.45) is 0. The first kappa shape index (κ1) is 18.7. The SMILES string of the molecule is Cc1ccc(C(=O)NC(C(=O)Nc2cc(C)ccc2C)C(C)C)cc1. The van der Waals surface area contributed by atoms with Gasteiger partial charge in [0.15, 0.2) is 0 Å². The molecule has 0 saturated carbocycles. The lowest BCUT2D eigenvalue weighted by Gasteiger charge is -2.22. The maximum Gasteiger partial charge on any atom is 0.251 e. The predicted octanol–water partition coefficient (Wildman–Crippen LogP) is 4.00. The van der Waals surface area contributed by atoms with Gasteiger partial charge in [-0.1, -0.05) is 43.7 Å². The number of rotatable bonds is 5. The minimum atomic E-state index is -0.603. The first-order chi connectivity index (χ1) is 11.8. The van der Waals surface area contributed by atoms with E-state index in [1.807, 2.05) is 65.0 Å². The Kier molecular flexibility index (Phi) is 5.97. The van der Waals surface area contributed by atoms with Crippen molar-refractivity contribution < 1.29 is 9.59 Å². The molecule has 0 heterocycles. The van der Waals surface area contributed by atoms with E-state index >= 15 is 0 Å².